The van der Waals surface area contributed by atoms with E-state index in [0.29, 0.717) is 5.92 Å². The van der Waals surface area contributed by atoms with Gasteiger partial charge in [0.2, 0.25) is 5.91 Å². The average molecular weight is 303 g/mol. The molecule has 3 unspecified atom stereocenters. The summed E-state index contributed by atoms with van der Waals surface area (Å²) in [5.74, 6) is 0.490. The van der Waals surface area contributed by atoms with Crippen LogP contribution in [-0.2, 0) is 4.79 Å². The van der Waals surface area contributed by atoms with Crippen molar-refractivity contribution >= 4 is 5.91 Å². The summed E-state index contributed by atoms with van der Waals surface area (Å²) in [6, 6.07) is 3.30. The second kappa shape index (κ2) is 5.86. The molecule has 2 fully saturated rings. The van der Waals surface area contributed by atoms with Gasteiger partial charge in [-0.25, -0.2) is 4.68 Å². The van der Waals surface area contributed by atoms with Gasteiger partial charge in [0.1, 0.15) is 6.04 Å². The predicted molar refractivity (Wildman–Crippen MR) is 84.8 cm³/mol. The van der Waals surface area contributed by atoms with E-state index in [4.69, 9.17) is 0 Å². The van der Waals surface area contributed by atoms with Crippen molar-refractivity contribution in [2.24, 2.45) is 0 Å². The van der Waals surface area contributed by atoms with Gasteiger partial charge in [-0.05, 0) is 58.9 Å². The Balaban J connectivity index is 1.86. The largest absolute Gasteiger partial charge is 0.335 e. The van der Waals surface area contributed by atoms with Gasteiger partial charge in [-0.2, -0.15) is 5.10 Å². The molecule has 22 heavy (non-hydrogen) atoms. The fourth-order valence-corrected chi connectivity index (χ4v) is 3.49. The molecule has 1 aliphatic heterocycles. The van der Waals surface area contributed by atoms with Crippen molar-refractivity contribution in [3.05, 3.63) is 28.2 Å². The molecule has 120 valence electrons. The third-order valence-electron chi connectivity index (χ3n) is 5.01. The fourth-order valence-electron chi connectivity index (χ4n) is 3.49. The first-order valence-corrected chi connectivity index (χ1v) is 8.41. The number of hydrogen-bond acceptors (Lipinski definition) is 3. The van der Waals surface area contributed by atoms with Gasteiger partial charge < -0.3 is 4.90 Å². The van der Waals surface area contributed by atoms with Gasteiger partial charge in [-0.3, -0.25) is 9.59 Å². The molecule has 1 amide bonds. The maximum absolute atomic E-state index is 12.9. The molecular formula is C17H25N3O2. The Bertz CT molecular complexity index is 611. The molecule has 1 aromatic rings. The number of likely N-dealkylation sites (tertiary alicyclic amines) is 1. The van der Waals surface area contributed by atoms with Gasteiger partial charge in [-0.1, -0.05) is 0 Å². The van der Waals surface area contributed by atoms with Crippen LogP contribution in [0, 0.1) is 0 Å². The first-order valence-electron chi connectivity index (χ1n) is 8.41. The summed E-state index contributed by atoms with van der Waals surface area (Å²) in [5, 5.41) is 4.46. The molecule has 2 heterocycles. The van der Waals surface area contributed by atoms with Crippen molar-refractivity contribution in [1.82, 2.24) is 14.7 Å². The molecule has 1 aliphatic carbocycles. The molecule has 0 N–H and O–H groups in total. The standard InChI is InChI=1S/C17H25N3O2/c1-11-5-4-6-12(2)19(11)17(22)13(3)20-16(21)10-9-15(18-20)14-7-8-14/h9-14H,4-8H2,1-3H3. The molecular weight excluding hydrogens is 278 g/mol. The van der Waals surface area contributed by atoms with Gasteiger partial charge in [0.25, 0.3) is 5.56 Å². The van der Waals surface area contributed by atoms with E-state index < -0.39 is 6.04 Å². The van der Waals surface area contributed by atoms with Gasteiger partial charge >= 0.3 is 0 Å². The maximum atomic E-state index is 12.9. The molecule has 5 nitrogen and oxygen atoms in total. The fraction of sp³-hybridized carbons (Fsp3) is 0.706. The lowest BCUT2D eigenvalue weighted by atomic mass is 9.96. The van der Waals surface area contributed by atoms with Crippen molar-refractivity contribution in [3.8, 4) is 0 Å². The minimum Gasteiger partial charge on any atom is -0.335 e. The first kappa shape index (κ1) is 15.3. The van der Waals surface area contributed by atoms with Crippen molar-refractivity contribution in [2.45, 2.75) is 76.9 Å². The van der Waals surface area contributed by atoms with Crippen LogP contribution in [-0.4, -0.2) is 32.7 Å². The van der Waals surface area contributed by atoms with Gasteiger partial charge in [0, 0.05) is 24.1 Å². The van der Waals surface area contributed by atoms with E-state index in [1.165, 1.54) is 4.68 Å². The SMILES string of the molecule is CC1CCCC(C)N1C(=O)C(C)n1nc(C2CC2)ccc1=O. The third-order valence-corrected chi connectivity index (χ3v) is 5.01. The van der Waals surface area contributed by atoms with E-state index in [9.17, 15) is 9.59 Å². The lowest BCUT2D eigenvalue weighted by Gasteiger charge is -2.40. The highest BCUT2D eigenvalue weighted by Gasteiger charge is 2.33. The quantitative estimate of drug-likeness (QED) is 0.862. The van der Waals surface area contributed by atoms with Crippen LogP contribution in [0.25, 0.3) is 0 Å². The van der Waals surface area contributed by atoms with Crippen LogP contribution in [0.2, 0.25) is 0 Å². The third kappa shape index (κ3) is 2.81. The topological polar surface area (TPSA) is 55.2 Å². The number of piperidine rings is 1. The van der Waals surface area contributed by atoms with Crippen LogP contribution in [0.15, 0.2) is 16.9 Å². The molecule has 0 radical (unpaired) electrons. The first-order chi connectivity index (χ1) is 10.5. The van der Waals surface area contributed by atoms with Crippen LogP contribution < -0.4 is 5.56 Å². The molecule has 5 heteroatoms. The highest BCUT2D eigenvalue weighted by atomic mass is 16.2. The summed E-state index contributed by atoms with van der Waals surface area (Å²) in [6.45, 7) is 5.98. The van der Waals surface area contributed by atoms with Crippen LogP contribution in [0.5, 0.6) is 0 Å². The van der Waals surface area contributed by atoms with E-state index in [0.717, 1.165) is 37.8 Å². The molecule has 3 atom stereocenters. The number of carbonyl (C=O) groups excluding carboxylic acids is 1. The van der Waals surface area contributed by atoms with E-state index in [1.54, 1.807) is 19.1 Å². The van der Waals surface area contributed by atoms with Crippen molar-refractivity contribution in [1.29, 1.82) is 0 Å². The zero-order valence-corrected chi connectivity index (χ0v) is 13.7. The summed E-state index contributed by atoms with van der Waals surface area (Å²) >= 11 is 0. The number of carbonyl (C=O) groups is 1. The Morgan fingerprint density at radius 3 is 2.41 bits per heavy atom. The molecule has 1 saturated carbocycles. The molecule has 0 aromatic carbocycles. The Morgan fingerprint density at radius 1 is 1.18 bits per heavy atom. The minimum absolute atomic E-state index is 0.0160. The Kier molecular flexibility index (Phi) is 4.06. The molecule has 1 aromatic heterocycles. The number of aromatic nitrogens is 2. The zero-order chi connectivity index (χ0) is 15.9. The Hall–Kier alpha value is -1.65. The highest BCUT2D eigenvalue weighted by Crippen LogP contribution is 2.38. The van der Waals surface area contributed by atoms with E-state index in [1.807, 2.05) is 4.90 Å². The lowest BCUT2D eigenvalue weighted by molar-refractivity contribution is -0.140. The molecule has 0 bridgehead atoms. The van der Waals surface area contributed by atoms with E-state index in [2.05, 4.69) is 18.9 Å². The average Bonchev–Trinajstić information content (AvgIpc) is 3.31. The van der Waals surface area contributed by atoms with Crippen LogP contribution in [0.4, 0.5) is 0 Å². The summed E-state index contributed by atoms with van der Waals surface area (Å²) in [5.41, 5.74) is 0.751. The predicted octanol–water partition coefficient (Wildman–Crippen LogP) is 2.47. The number of nitrogens with zero attached hydrogens (tertiary/aromatic N) is 3. The van der Waals surface area contributed by atoms with Gasteiger partial charge in [-0.15, -0.1) is 0 Å². The second-order valence-electron chi connectivity index (χ2n) is 6.87. The maximum Gasteiger partial charge on any atom is 0.267 e. The summed E-state index contributed by atoms with van der Waals surface area (Å²) in [6.07, 6.45) is 5.50. The minimum atomic E-state index is -0.533. The smallest absolute Gasteiger partial charge is 0.267 e. The molecule has 3 rings (SSSR count). The Morgan fingerprint density at radius 2 is 1.82 bits per heavy atom. The number of amides is 1. The lowest BCUT2D eigenvalue weighted by Crippen LogP contribution is -2.50. The van der Waals surface area contributed by atoms with Crippen LogP contribution in [0.3, 0.4) is 0 Å². The van der Waals surface area contributed by atoms with Crippen molar-refractivity contribution in [3.63, 3.8) is 0 Å². The van der Waals surface area contributed by atoms with E-state index in [-0.39, 0.29) is 23.6 Å². The van der Waals surface area contributed by atoms with Gasteiger partial charge in [0.05, 0.1) is 5.69 Å². The number of rotatable bonds is 3. The second-order valence-corrected chi connectivity index (χ2v) is 6.87. The number of hydrogen-bond donors (Lipinski definition) is 0. The van der Waals surface area contributed by atoms with Crippen molar-refractivity contribution < 1.29 is 4.79 Å². The summed E-state index contributed by atoms with van der Waals surface area (Å²) in [7, 11) is 0. The van der Waals surface area contributed by atoms with Gasteiger partial charge in [0.15, 0.2) is 0 Å². The highest BCUT2D eigenvalue weighted by molar-refractivity contribution is 5.80. The monoisotopic (exact) mass is 303 g/mol. The van der Waals surface area contributed by atoms with E-state index >= 15 is 0 Å². The Labute approximate surface area is 131 Å². The molecule has 2 aliphatic rings. The summed E-state index contributed by atoms with van der Waals surface area (Å²) in [4.78, 5) is 27.0. The van der Waals surface area contributed by atoms with Crippen LogP contribution >= 0.6 is 0 Å². The normalized spacial score (nSPS) is 26.8. The molecule has 1 saturated heterocycles. The molecule has 0 spiro atoms. The summed E-state index contributed by atoms with van der Waals surface area (Å²) < 4.78 is 1.38. The van der Waals surface area contributed by atoms with Crippen LogP contribution in [0.1, 0.15) is 70.5 Å². The van der Waals surface area contributed by atoms with Crippen molar-refractivity contribution in [2.75, 3.05) is 0 Å². The zero-order valence-electron chi connectivity index (χ0n) is 13.7.